The molecule has 0 saturated heterocycles. The molecule has 0 spiro atoms. The maximum atomic E-state index is 14.3. The first-order chi connectivity index (χ1) is 13.5. The number of hydrogen-bond acceptors (Lipinski definition) is 4. The van der Waals surface area contributed by atoms with Gasteiger partial charge in [0.2, 0.25) is 0 Å². The Balaban J connectivity index is 1.92. The molecule has 3 rings (SSSR count). The van der Waals surface area contributed by atoms with Crippen LogP contribution in [0, 0.1) is 11.2 Å². The van der Waals surface area contributed by atoms with E-state index in [1.807, 2.05) is 0 Å². The standard InChI is InChI=1S/C21H19F4N3O/c1-20(2,3)19(14-9-26-12-27-10-14)18-7-4-13(11-28-18)16-6-5-15(8-17(16)22)29-21(23,24)25/h4-12,19H,1-3H3. The summed E-state index contributed by atoms with van der Waals surface area (Å²) in [6.45, 7) is 6.21. The molecule has 3 aromatic rings. The van der Waals surface area contributed by atoms with Gasteiger partial charge in [0.05, 0.1) is 0 Å². The summed E-state index contributed by atoms with van der Waals surface area (Å²) in [5, 5.41) is 0. The number of nitrogens with zero attached hydrogens (tertiary/aromatic N) is 3. The van der Waals surface area contributed by atoms with Gasteiger partial charge in [-0.2, -0.15) is 0 Å². The van der Waals surface area contributed by atoms with Crippen molar-refractivity contribution in [1.29, 1.82) is 0 Å². The van der Waals surface area contributed by atoms with E-state index >= 15 is 0 Å². The Hall–Kier alpha value is -3.03. The Morgan fingerprint density at radius 2 is 1.62 bits per heavy atom. The Labute approximate surface area is 165 Å². The van der Waals surface area contributed by atoms with Gasteiger partial charge in [-0.15, -0.1) is 13.2 Å². The third-order valence-electron chi connectivity index (χ3n) is 4.35. The highest BCUT2D eigenvalue weighted by Gasteiger charge is 2.32. The van der Waals surface area contributed by atoms with E-state index in [4.69, 9.17) is 0 Å². The normalized spacial score (nSPS) is 13.2. The monoisotopic (exact) mass is 405 g/mol. The Kier molecular flexibility index (Phi) is 5.55. The van der Waals surface area contributed by atoms with Gasteiger partial charge in [-0.05, 0) is 29.2 Å². The molecule has 2 heterocycles. The van der Waals surface area contributed by atoms with E-state index in [-0.39, 0.29) is 16.9 Å². The second kappa shape index (κ2) is 7.77. The molecular weight excluding hydrogens is 386 g/mol. The van der Waals surface area contributed by atoms with Crippen molar-refractivity contribution in [3.63, 3.8) is 0 Å². The fraction of sp³-hybridized carbons (Fsp3) is 0.286. The van der Waals surface area contributed by atoms with E-state index in [1.54, 1.807) is 24.5 Å². The molecule has 4 nitrogen and oxygen atoms in total. The quantitative estimate of drug-likeness (QED) is 0.518. The van der Waals surface area contributed by atoms with Gasteiger partial charge in [0.25, 0.3) is 0 Å². The molecule has 0 N–H and O–H groups in total. The van der Waals surface area contributed by atoms with Gasteiger partial charge in [0, 0.05) is 47.4 Å². The molecule has 0 bridgehead atoms. The van der Waals surface area contributed by atoms with Crippen molar-refractivity contribution in [3.8, 4) is 16.9 Å². The largest absolute Gasteiger partial charge is 0.573 e. The number of hydrogen-bond donors (Lipinski definition) is 0. The molecular formula is C21H19F4N3O. The van der Waals surface area contributed by atoms with Crippen molar-refractivity contribution in [2.45, 2.75) is 33.1 Å². The van der Waals surface area contributed by atoms with Crippen LogP contribution in [-0.2, 0) is 0 Å². The number of ether oxygens (including phenoxy) is 1. The molecule has 0 aliphatic carbocycles. The van der Waals surface area contributed by atoms with Crippen LogP contribution in [-0.4, -0.2) is 21.3 Å². The molecule has 29 heavy (non-hydrogen) atoms. The van der Waals surface area contributed by atoms with E-state index in [0.717, 1.165) is 17.3 Å². The first kappa shape index (κ1) is 20.7. The fourth-order valence-corrected chi connectivity index (χ4v) is 3.24. The van der Waals surface area contributed by atoms with Crippen LogP contribution in [0.1, 0.15) is 37.9 Å². The van der Waals surface area contributed by atoms with Gasteiger partial charge >= 0.3 is 6.36 Å². The molecule has 152 valence electrons. The summed E-state index contributed by atoms with van der Waals surface area (Å²) in [5.74, 6) is -1.53. The predicted molar refractivity (Wildman–Crippen MR) is 99.6 cm³/mol. The van der Waals surface area contributed by atoms with Crippen molar-refractivity contribution in [1.82, 2.24) is 15.0 Å². The lowest BCUT2D eigenvalue weighted by Gasteiger charge is -2.30. The van der Waals surface area contributed by atoms with Crippen molar-refractivity contribution < 1.29 is 22.3 Å². The number of benzene rings is 1. The minimum absolute atomic E-state index is 0.0924. The van der Waals surface area contributed by atoms with Gasteiger partial charge in [-0.25, -0.2) is 14.4 Å². The highest BCUT2D eigenvalue weighted by atomic mass is 19.4. The molecule has 8 heteroatoms. The van der Waals surface area contributed by atoms with E-state index in [1.165, 1.54) is 18.6 Å². The number of alkyl halides is 3. The zero-order chi connectivity index (χ0) is 21.2. The van der Waals surface area contributed by atoms with Crippen LogP contribution in [0.15, 0.2) is 55.2 Å². The lowest BCUT2D eigenvalue weighted by Crippen LogP contribution is -2.21. The van der Waals surface area contributed by atoms with Crippen LogP contribution in [0.2, 0.25) is 0 Å². The second-order valence-electron chi connectivity index (χ2n) is 7.63. The summed E-state index contributed by atoms with van der Waals surface area (Å²) >= 11 is 0. The lowest BCUT2D eigenvalue weighted by molar-refractivity contribution is -0.274. The highest BCUT2D eigenvalue weighted by Crippen LogP contribution is 2.39. The molecule has 1 unspecified atom stereocenters. The van der Waals surface area contributed by atoms with Crippen molar-refractivity contribution in [2.75, 3.05) is 0 Å². The minimum Gasteiger partial charge on any atom is -0.406 e. The SMILES string of the molecule is CC(C)(C)C(c1cncnc1)c1ccc(-c2ccc(OC(F)(F)F)cc2F)cn1. The molecule has 2 aromatic heterocycles. The number of pyridine rings is 1. The molecule has 0 fully saturated rings. The van der Waals surface area contributed by atoms with E-state index in [9.17, 15) is 17.6 Å². The maximum Gasteiger partial charge on any atom is 0.573 e. The van der Waals surface area contributed by atoms with E-state index in [2.05, 4.69) is 40.5 Å². The summed E-state index contributed by atoms with van der Waals surface area (Å²) in [7, 11) is 0. The third-order valence-corrected chi connectivity index (χ3v) is 4.35. The Morgan fingerprint density at radius 3 is 2.14 bits per heavy atom. The van der Waals surface area contributed by atoms with E-state index < -0.39 is 17.9 Å². The van der Waals surface area contributed by atoms with Crippen LogP contribution in [0.4, 0.5) is 17.6 Å². The minimum atomic E-state index is -4.87. The third kappa shape index (κ3) is 5.07. The summed E-state index contributed by atoms with van der Waals surface area (Å²) in [6, 6.07) is 6.47. The molecule has 0 amide bonds. The molecule has 0 radical (unpaired) electrons. The topological polar surface area (TPSA) is 47.9 Å². The van der Waals surface area contributed by atoms with Crippen LogP contribution < -0.4 is 4.74 Å². The van der Waals surface area contributed by atoms with Gasteiger partial charge < -0.3 is 4.74 Å². The lowest BCUT2D eigenvalue weighted by atomic mass is 9.75. The zero-order valence-electron chi connectivity index (χ0n) is 16.0. The van der Waals surface area contributed by atoms with Gasteiger partial charge in [0.1, 0.15) is 17.9 Å². The van der Waals surface area contributed by atoms with Gasteiger partial charge in [0.15, 0.2) is 0 Å². The zero-order valence-corrected chi connectivity index (χ0v) is 16.0. The predicted octanol–water partition coefficient (Wildman–Crippen LogP) is 5.75. The van der Waals surface area contributed by atoms with Gasteiger partial charge in [-0.3, -0.25) is 4.98 Å². The molecule has 1 aromatic carbocycles. The van der Waals surface area contributed by atoms with Crippen LogP contribution >= 0.6 is 0 Å². The molecule has 0 saturated carbocycles. The average Bonchev–Trinajstić information content (AvgIpc) is 2.61. The van der Waals surface area contributed by atoms with Gasteiger partial charge in [-0.1, -0.05) is 26.8 Å². The first-order valence-electron chi connectivity index (χ1n) is 8.81. The second-order valence-corrected chi connectivity index (χ2v) is 7.63. The highest BCUT2D eigenvalue weighted by molar-refractivity contribution is 5.64. The smallest absolute Gasteiger partial charge is 0.406 e. The summed E-state index contributed by atoms with van der Waals surface area (Å²) < 4.78 is 54.9. The number of aromatic nitrogens is 3. The summed E-state index contributed by atoms with van der Waals surface area (Å²) in [6.07, 6.45) is 1.55. The van der Waals surface area contributed by atoms with Crippen molar-refractivity contribution >= 4 is 0 Å². The number of rotatable bonds is 4. The summed E-state index contributed by atoms with van der Waals surface area (Å²) in [4.78, 5) is 12.6. The Bertz CT molecular complexity index is 968. The molecule has 1 atom stereocenters. The fourth-order valence-electron chi connectivity index (χ4n) is 3.24. The maximum absolute atomic E-state index is 14.3. The van der Waals surface area contributed by atoms with Crippen LogP contribution in [0.3, 0.4) is 0 Å². The molecule has 0 aliphatic rings. The van der Waals surface area contributed by atoms with Crippen molar-refractivity contribution in [2.24, 2.45) is 5.41 Å². The average molecular weight is 405 g/mol. The van der Waals surface area contributed by atoms with E-state index in [0.29, 0.717) is 11.6 Å². The Morgan fingerprint density at radius 1 is 0.931 bits per heavy atom. The summed E-state index contributed by atoms with van der Waals surface area (Å²) in [5.41, 5.74) is 2.06. The van der Waals surface area contributed by atoms with Crippen LogP contribution in [0.5, 0.6) is 5.75 Å². The number of halogens is 4. The van der Waals surface area contributed by atoms with Crippen molar-refractivity contribution in [3.05, 3.63) is 72.3 Å². The molecule has 0 aliphatic heterocycles. The van der Waals surface area contributed by atoms with Crippen LogP contribution in [0.25, 0.3) is 11.1 Å². The first-order valence-corrected chi connectivity index (χ1v) is 8.81.